The summed E-state index contributed by atoms with van der Waals surface area (Å²) >= 11 is 0. The van der Waals surface area contributed by atoms with Gasteiger partial charge in [-0.25, -0.2) is 0 Å². The van der Waals surface area contributed by atoms with E-state index in [-0.39, 0.29) is 11.8 Å². The van der Waals surface area contributed by atoms with Gasteiger partial charge in [-0.2, -0.15) is 0 Å². The van der Waals surface area contributed by atoms with Crippen LogP contribution in [0.1, 0.15) is 12.7 Å². The van der Waals surface area contributed by atoms with Gasteiger partial charge in [0, 0.05) is 18.2 Å². The lowest BCUT2D eigenvalue weighted by Crippen LogP contribution is -2.34. The molecule has 6 heteroatoms. The molecule has 2 rings (SSSR count). The zero-order valence-electron chi connectivity index (χ0n) is 11.7. The number of benzene rings is 1. The lowest BCUT2D eigenvalue weighted by Gasteiger charge is -2.12. The standard InChI is InChI=1S/C14H19N5O/c1-11(8-15-2)14(20)16-9-13-18-17-10-19(13)12-6-4-3-5-7-12/h3-7,10-11,15H,8-9H2,1-2H3,(H,16,20). The lowest BCUT2D eigenvalue weighted by atomic mass is 10.1. The zero-order chi connectivity index (χ0) is 14.4. The van der Waals surface area contributed by atoms with Crippen LogP contribution in [0.2, 0.25) is 0 Å². The van der Waals surface area contributed by atoms with Gasteiger partial charge in [0.25, 0.3) is 0 Å². The van der Waals surface area contributed by atoms with Gasteiger partial charge in [0.15, 0.2) is 5.82 Å². The Kier molecular flexibility index (Phi) is 4.84. The maximum atomic E-state index is 11.9. The fourth-order valence-corrected chi connectivity index (χ4v) is 1.92. The van der Waals surface area contributed by atoms with E-state index in [4.69, 9.17) is 0 Å². The van der Waals surface area contributed by atoms with Crippen LogP contribution in [-0.4, -0.2) is 34.3 Å². The second kappa shape index (κ2) is 6.81. The van der Waals surface area contributed by atoms with Gasteiger partial charge in [-0.3, -0.25) is 9.36 Å². The molecule has 0 fully saturated rings. The highest BCUT2D eigenvalue weighted by molar-refractivity contribution is 5.78. The number of nitrogens with one attached hydrogen (secondary N) is 2. The van der Waals surface area contributed by atoms with E-state index in [0.717, 1.165) is 5.69 Å². The average Bonchev–Trinajstić information content (AvgIpc) is 2.94. The Morgan fingerprint density at radius 1 is 1.35 bits per heavy atom. The van der Waals surface area contributed by atoms with Crippen LogP contribution < -0.4 is 10.6 Å². The molecule has 1 aromatic heterocycles. The summed E-state index contributed by atoms with van der Waals surface area (Å²) in [7, 11) is 1.83. The molecule has 6 nitrogen and oxygen atoms in total. The predicted molar refractivity (Wildman–Crippen MR) is 76.3 cm³/mol. The van der Waals surface area contributed by atoms with E-state index in [1.807, 2.05) is 48.9 Å². The van der Waals surface area contributed by atoms with Crippen molar-refractivity contribution in [2.24, 2.45) is 5.92 Å². The summed E-state index contributed by atoms with van der Waals surface area (Å²) in [6, 6.07) is 9.80. The van der Waals surface area contributed by atoms with Crippen LogP contribution in [0.5, 0.6) is 0 Å². The largest absolute Gasteiger partial charge is 0.349 e. The maximum Gasteiger partial charge on any atom is 0.224 e. The fraction of sp³-hybridized carbons (Fsp3) is 0.357. The molecule has 0 aliphatic carbocycles. The van der Waals surface area contributed by atoms with Crippen LogP contribution in [0.25, 0.3) is 5.69 Å². The molecular weight excluding hydrogens is 254 g/mol. The number of rotatable bonds is 6. The molecule has 0 spiro atoms. The first kappa shape index (κ1) is 14.2. The van der Waals surface area contributed by atoms with Crippen molar-refractivity contribution in [3.05, 3.63) is 42.5 Å². The molecule has 1 unspecified atom stereocenters. The molecule has 1 atom stereocenters. The number of aromatic nitrogens is 3. The van der Waals surface area contributed by atoms with Gasteiger partial charge in [0.1, 0.15) is 6.33 Å². The third-order valence-electron chi connectivity index (χ3n) is 3.03. The van der Waals surface area contributed by atoms with Gasteiger partial charge >= 0.3 is 0 Å². The van der Waals surface area contributed by atoms with E-state index < -0.39 is 0 Å². The molecule has 0 radical (unpaired) electrons. The van der Waals surface area contributed by atoms with Crippen molar-refractivity contribution in [1.29, 1.82) is 0 Å². The molecule has 0 saturated carbocycles. The van der Waals surface area contributed by atoms with Gasteiger partial charge < -0.3 is 10.6 Å². The van der Waals surface area contributed by atoms with E-state index in [1.165, 1.54) is 0 Å². The van der Waals surface area contributed by atoms with E-state index in [1.54, 1.807) is 6.33 Å². The second-order valence-electron chi connectivity index (χ2n) is 4.63. The highest BCUT2D eigenvalue weighted by Gasteiger charge is 2.13. The maximum absolute atomic E-state index is 11.9. The minimum atomic E-state index is -0.0758. The molecule has 1 heterocycles. The van der Waals surface area contributed by atoms with Crippen LogP contribution in [0.15, 0.2) is 36.7 Å². The third kappa shape index (κ3) is 3.42. The average molecular weight is 273 g/mol. The Morgan fingerprint density at radius 2 is 2.10 bits per heavy atom. The summed E-state index contributed by atoms with van der Waals surface area (Å²) in [6.07, 6.45) is 1.65. The quantitative estimate of drug-likeness (QED) is 0.814. The number of para-hydroxylation sites is 1. The highest BCUT2D eigenvalue weighted by Crippen LogP contribution is 2.08. The Hall–Kier alpha value is -2.21. The third-order valence-corrected chi connectivity index (χ3v) is 3.03. The topological polar surface area (TPSA) is 71.8 Å². The normalized spacial score (nSPS) is 12.1. The fourth-order valence-electron chi connectivity index (χ4n) is 1.92. The van der Waals surface area contributed by atoms with Gasteiger partial charge in [0.05, 0.1) is 6.54 Å². The monoisotopic (exact) mass is 273 g/mol. The second-order valence-corrected chi connectivity index (χ2v) is 4.63. The first-order valence-electron chi connectivity index (χ1n) is 6.59. The lowest BCUT2D eigenvalue weighted by molar-refractivity contribution is -0.124. The first-order valence-corrected chi connectivity index (χ1v) is 6.59. The van der Waals surface area contributed by atoms with E-state index in [9.17, 15) is 4.79 Å². The molecule has 0 bridgehead atoms. The molecule has 106 valence electrons. The molecule has 0 saturated heterocycles. The zero-order valence-corrected chi connectivity index (χ0v) is 11.7. The number of nitrogens with zero attached hydrogens (tertiary/aromatic N) is 3. The number of carbonyl (C=O) groups is 1. The highest BCUT2D eigenvalue weighted by atomic mass is 16.1. The molecular formula is C14H19N5O. The summed E-state index contributed by atoms with van der Waals surface area (Å²) < 4.78 is 1.86. The molecule has 0 aliphatic heterocycles. The molecule has 1 amide bonds. The van der Waals surface area contributed by atoms with Crippen LogP contribution in [0.3, 0.4) is 0 Å². The smallest absolute Gasteiger partial charge is 0.224 e. The van der Waals surface area contributed by atoms with Crippen molar-refractivity contribution in [2.45, 2.75) is 13.5 Å². The molecule has 1 aromatic carbocycles. The van der Waals surface area contributed by atoms with Crippen LogP contribution in [-0.2, 0) is 11.3 Å². The summed E-state index contributed by atoms with van der Waals surface area (Å²) in [6.45, 7) is 2.90. The minimum Gasteiger partial charge on any atom is -0.349 e. The Bertz CT molecular complexity index is 552. The van der Waals surface area contributed by atoms with Crippen molar-refractivity contribution >= 4 is 5.91 Å². The molecule has 0 aliphatic rings. The van der Waals surface area contributed by atoms with Crippen LogP contribution in [0, 0.1) is 5.92 Å². The Labute approximate surface area is 118 Å². The van der Waals surface area contributed by atoms with Gasteiger partial charge in [0.2, 0.25) is 5.91 Å². The SMILES string of the molecule is CNCC(C)C(=O)NCc1nncn1-c1ccccc1. The minimum absolute atomic E-state index is 0.00182. The van der Waals surface area contributed by atoms with E-state index in [0.29, 0.717) is 18.9 Å². The molecule has 2 aromatic rings. The van der Waals surface area contributed by atoms with Crippen molar-refractivity contribution in [3.63, 3.8) is 0 Å². The summed E-state index contributed by atoms with van der Waals surface area (Å²) in [5.41, 5.74) is 0.977. The van der Waals surface area contributed by atoms with Gasteiger partial charge in [-0.1, -0.05) is 25.1 Å². The summed E-state index contributed by atoms with van der Waals surface area (Å²) in [4.78, 5) is 11.9. The Morgan fingerprint density at radius 3 is 2.80 bits per heavy atom. The summed E-state index contributed by atoms with van der Waals surface area (Å²) in [5.74, 6) is 0.635. The van der Waals surface area contributed by atoms with Crippen LogP contribution in [0.4, 0.5) is 0 Å². The molecule has 2 N–H and O–H groups in total. The van der Waals surface area contributed by atoms with Crippen molar-refractivity contribution in [2.75, 3.05) is 13.6 Å². The van der Waals surface area contributed by atoms with E-state index >= 15 is 0 Å². The number of amides is 1. The Balaban J connectivity index is 2.01. The number of hydrogen-bond acceptors (Lipinski definition) is 4. The van der Waals surface area contributed by atoms with Crippen molar-refractivity contribution in [1.82, 2.24) is 25.4 Å². The van der Waals surface area contributed by atoms with Crippen molar-refractivity contribution in [3.8, 4) is 5.69 Å². The van der Waals surface area contributed by atoms with Crippen LogP contribution >= 0.6 is 0 Å². The van der Waals surface area contributed by atoms with Gasteiger partial charge in [-0.05, 0) is 19.2 Å². The van der Waals surface area contributed by atoms with E-state index in [2.05, 4.69) is 20.8 Å². The predicted octanol–water partition coefficient (Wildman–Crippen LogP) is 0.739. The van der Waals surface area contributed by atoms with Gasteiger partial charge in [-0.15, -0.1) is 10.2 Å². The first-order chi connectivity index (χ1) is 9.72. The van der Waals surface area contributed by atoms with Crippen molar-refractivity contribution < 1.29 is 4.79 Å². The summed E-state index contributed by atoms with van der Waals surface area (Å²) in [5, 5.41) is 13.8. The number of hydrogen-bond donors (Lipinski definition) is 2. The number of carbonyl (C=O) groups excluding carboxylic acids is 1. The molecule has 20 heavy (non-hydrogen) atoms.